The second kappa shape index (κ2) is 7.92. The Hall–Kier alpha value is -3.33. The Morgan fingerprint density at radius 1 is 0.704 bits per heavy atom. The summed E-state index contributed by atoms with van der Waals surface area (Å²) in [5, 5.41) is 0. The van der Waals surface area contributed by atoms with Gasteiger partial charge >= 0.3 is 0 Å². The first-order valence-corrected chi connectivity index (χ1v) is 8.51. The fourth-order valence-electron chi connectivity index (χ4n) is 2.97. The minimum Gasteiger partial charge on any atom is -0.496 e. The highest BCUT2D eigenvalue weighted by molar-refractivity contribution is 5.88. The van der Waals surface area contributed by atoms with Gasteiger partial charge in [-0.15, -0.1) is 0 Å². The molecule has 3 aromatic rings. The van der Waals surface area contributed by atoms with E-state index in [1.807, 2.05) is 42.5 Å². The van der Waals surface area contributed by atoms with E-state index in [0.717, 1.165) is 33.4 Å². The zero-order valence-electron chi connectivity index (χ0n) is 15.5. The number of hydrogen-bond donors (Lipinski definition) is 0. The Bertz CT molecular complexity index is 973. The summed E-state index contributed by atoms with van der Waals surface area (Å²) < 4.78 is 24.4. The number of rotatable bonds is 6. The Kier molecular flexibility index (Phi) is 5.41. The SMILES string of the molecule is C=C(c1ccccc1)c1cc(C(=C)c2ccc(F)cc2)c(OC)cc1OC. The molecule has 0 radical (unpaired) electrons. The van der Waals surface area contributed by atoms with Crippen LogP contribution in [0.5, 0.6) is 11.5 Å². The van der Waals surface area contributed by atoms with Gasteiger partial charge in [0.05, 0.1) is 14.2 Å². The van der Waals surface area contributed by atoms with Gasteiger partial charge in [0.15, 0.2) is 0 Å². The molecular formula is C24H21FO2. The summed E-state index contributed by atoms with van der Waals surface area (Å²) in [7, 11) is 3.22. The molecule has 0 spiro atoms. The molecule has 3 aromatic carbocycles. The number of methoxy groups -OCH3 is 2. The zero-order chi connectivity index (χ0) is 19.4. The largest absolute Gasteiger partial charge is 0.496 e. The van der Waals surface area contributed by atoms with E-state index in [9.17, 15) is 4.39 Å². The fourth-order valence-corrected chi connectivity index (χ4v) is 2.97. The van der Waals surface area contributed by atoms with Gasteiger partial charge in [0.2, 0.25) is 0 Å². The van der Waals surface area contributed by atoms with Crippen LogP contribution in [0.25, 0.3) is 11.1 Å². The van der Waals surface area contributed by atoms with Crippen molar-refractivity contribution < 1.29 is 13.9 Å². The average Bonchev–Trinajstić information content (AvgIpc) is 2.72. The van der Waals surface area contributed by atoms with Gasteiger partial charge < -0.3 is 9.47 Å². The molecule has 0 atom stereocenters. The molecule has 2 nitrogen and oxygen atoms in total. The molecule has 0 aromatic heterocycles. The van der Waals surface area contributed by atoms with Gasteiger partial charge in [0.1, 0.15) is 17.3 Å². The standard InChI is InChI=1S/C24H21FO2/c1-16(18-8-6-5-7-9-18)21-14-22(24(27-4)15-23(21)26-3)17(2)19-10-12-20(25)13-11-19/h5-15H,1-2H2,3-4H3. The van der Waals surface area contributed by atoms with E-state index in [0.29, 0.717) is 11.5 Å². The lowest BCUT2D eigenvalue weighted by atomic mass is 9.92. The van der Waals surface area contributed by atoms with Crippen molar-refractivity contribution in [2.75, 3.05) is 14.2 Å². The van der Waals surface area contributed by atoms with Crippen LogP contribution < -0.4 is 9.47 Å². The van der Waals surface area contributed by atoms with E-state index in [2.05, 4.69) is 13.2 Å². The predicted molar refractivity (Wildman–Crippen MR) is 109 cm³/mol. The van der Waals surface area contributed by atoms with E-state index in [1.54, 1.807) is 26.4 Å². The first-order valence-electron chi connectivity index (χ1n) is 8.51. The molecule has 0 aliphatic rings. The monoisotopic (exact) mass is 360 g/mol. The van der Waals surface area contributed by atoms with Crippen LogP contribution in [0, 0.1) is 5.82 Å². The lowest BCUT2D eigenvalue weighted by molar-refractivity contribution is 0.393. The molecular weight excluding hydrogens is 339 g/mol. The van der Waals surface area contributed by atoms with Crippen LogP contribution in [-0.2, 0) is 0 Å². The van der Waals surface area contributed by atoms with Crippen LogP contribution in [0.4, 0.5) is 4.39 Å². The Morgan fingerprint density at radius 2 is 1.19 bits per heavy atom. The summed E-state index contributed by atoms with van der Waals surface area (Å²) in [6, 6.07) is 19.9. The lowest BCUT2D eigenvalue weighted by Crippen LogP contribution is -1.99. The van der Waals surface area contributed by atoms with E-state index < -0.39 is 0 Å². The van der Waals surface area contributed by atoms with Crippen molar-refractivity contribution in [2.24, 2.45) is 0 Å². The molecule has 0 N–H and O–H groups in total. The first kappa shape index (κ1) is 18.5. The second-order valence-corrected chi connectivity index (χ2v) is 6.08. The molecule has 0 heterocycles. The summed E-state index contributed by atoms with van der Waals surface area (Å²) in [5.74, 6) is 1.01. The molecule has 0 aliphatic heterocycles. The van der Waals surface area contributed by atoms with Crippen molar-refractivity contribution in [1.82, 2.24) is 0 Å². The minimum atomic E-state index is -0.286. The minimum absolute atomic E-state index is 0.286. The normalized spacial score (nSPS) is 10.3. The maximum absolute atomic E-state index is 13.3. The maximum Gasteiger partial charge on any atom is 0.130 e. The van der Waals surface area contributed by atoms with Crippen LogP contribution in [0.15, 0.2) is 79.9 Å². The highest BCUT2D eigenvalue weighted by Gasteiger charge is 2.17. The average molecular weight is 360 g/mol. The number of halogens is 1. The van der Waals surface area contributed by atoms with Gasteiger partial charge in [0, 0.05) is 17.2 Å². The molecule has 0 saturated carbocycles. The number of ether oxygens (including phenoxy) is 2. The van der Waals surface area contributed by atoms with E-state index in [4.69, 9.17) is 9.47 Å². The third-order valence-electron chi connectivity index (χ3n) is 4.49. The summed E-state index contributed by atoms with van der Waals surface area (Å²) in [6.45, 7) is 8.43. The van der Waals surface area contributed by atoms with E-state index in [1.165, 1.54) is 12.1 Å². The van der Waals surface area contributed by atoms with Gasteiger partial charge in [-0.05, 0) is 40.5 Å². The van der Waals surface area contributed by atoms with Crippen molar-refractivity contribution in [3.8, 4) is 11.5 Å². The Labute approximate surface area is 159 Å². The van der Waals surface area contributed by atoms with Gasteiger partial charge in [-0.2, -0.15) is 0 Å². The van der Waals surface area contributed by atoms with Crippen LogP contribution in [-0.4, -0.2) is 14.2 Å². The quantitative estimate of drug-likeness (QED) is 0.539. The van der Waals surface area contributed by atoms with Gasteiger partial charge in [-0.3, -0.25) is 0 Å². The smallest absolute Gasteiger partial charge is 0.130 e. The van der Waals surface area contributed by atoms with Crippen molar-refractivity contribution in [2.45, 2.75) is 0 Å². The van der Waals surface area contributed by atoms with Crippen molar-refractivity contribution in [3.05, 3.63) is 108 Å². The highest BCUT2D eigenvalue weighted by atomic mass is 19.1. The number of hydrogen-bond acceptors (Lipinski definition) is 2. The third-order valence-corrected chi connectivity index (χ3v) is 4.49. The molecule has 0 bridgehead atoms. The summed E-state index contributed by atoms with van der Waals surface area (Å²) >= 11 is 0. The maximum atomic E-state index is 13.3. The summed E-state index contributed by atoms with van der Waals surface area (Å²) in [4.78, 5) is 0. The molecule has 0 amide bonds. The van der Waals surface area contributed by atoms with Crippen LogP contribution in [0.2, 0.25) is 0 Å². The van der Waals surface area contributed by atoms with Crippen LogP contribution >= 0.6 is 0 Å². The molecule has 27 heavy (non-hydrogen) atoms. The molecule has 3 rings (SSSR count). The Morgan fingerprint density at radius 3 is 1.67 bits per heavy atom. The summed E-state index contributed by atoms with van der Waals surface area (Å²) in [5.41, 5.74) is 5.04. The van der Waals surface area contributed by atoms with Gasteiger partial charge in [-0.1, -0.05) is 55.6 Å². The van der Waals surface area contributed by atoms with Crippen molar-refractivity contribution in [1.29, 1.82) is 0 Å². The first-order chi connectivity index (χ1) is 13.0. The third kappa shape index (κ3) is 3.77. The fraction of sp³-hybridized carbons (Fsp3) is 0.0833. The second-order valence-electron chi connectivity index (χ2n) is 6.08. The van der Waals surface area contributed by atoms with E-state index >= 15 is 0 Å². The predicted octanol–water partition coefficient (Wildman–Crippen LogP) is 5.97. The molecule has 136 valence electrons. The van der Waals surface area contributed by atoms with Gasteiger partial charge in [-0.25, -0.2) is 4.39 Å². The molecule has 0 fully saturated rings. The van der Waals surface area contributed by atoms with Crippen LogP contribution in [0.1, 0.15) is 22.3 Å². The highest BCUT2D eigenvalue weighted by Crippen LogP contribution is 2.39. The molecule has 0 aliphatic carbocycles. The molecule has 0 unspecified atom stereocenters. The lowest BCUT2D eigenvalue weighted by Gasteiger charge is -2.18. The molecule has 0 saturated heterocycles. The van der Waals surface area contributed by atoms with Crippen LogP contribution in [0.3, 0.4) is 0 Å². The van der Waals surface area contributed by atoms with Crippen molar-refractivity contribution >= 4 is 11.1 Å². The van der Waals surface area contributed by atoms with E-state index in [-0.39, 0.29) is 5.82 Å². The Balaban J connectivity index is 2.12. The van der Waals surface area contributed by atoms with Crippen molar-refractivity contribution in [3.63, 3.8) is 0 Å². The van der Waals surface area contributed by atoms with Gasteiger partial charge in [0.25, 0.3) is 0 Å². The summed E-state index contributed by atoms with van der Waals surface area (Å²) in [6.07, 6.45) is 0. The topological polar surface area (TPSA) is 18.5 Å². The number of benzene rings is 3. The molecule has 3 heteroatoms. The zero-order valence-corrected chi connectivity index (χ0v) is 15.5.